The van der Waals surface area contributed by atoms with E-state index in [4.69, 9.17) is 14.2 Å². The zero-order valence-electron chi connectivity index (χ0n) is 34.7. The van der Waals surface area contributed by atoms with E-state index in [-0.39, 0.29) is 42.7 Å². The van der Waals surface area contributed by atoms with Crippen molar-refractivity contribution in [3.8, 4) is 0 Å². The van der Waals surface area contributed by atoms with E-state index in [1.54, 1.807) is 21.1 Å². The summed E-state index contributed by atoms with van der Waals surface area (Å²) >= 11 is 0. The number of quaternary nitrogens is 1. The highest BCUT2D eigenvalue weighted by molar-refractivity contribution is 5.70. The molecule has 0 saturated carbocycles. The van der Waals surface area contributed by atoms with Crippen molar-refractivity contribution in [2.24, 2.45) is 0 Å². The van der Waals surface area contributed by atoms with Gasteiger partial charge in [0, 0.05) is 19.3 Å². The number of allylic oxidation sites excluding steroid dienone is 2. The Kier molecular flexibility index (Phi) is 34.7. The maximum Gasteiger partial charge on any atom is 0.306 e. The van der Waals surface area contributed by atoms with Crippen molar-refractivity contribution < 1.29 is 38.2 Å². The molecule has 0 amide bonds. The van der Waals surface area contributed by atoms with Crippen LogP contribution in [0.5, 0.6) is 0 Å². The highest BCUT2D eigenvalue weighted by atomic mass is 16.6. The van der Waals surface area contributed by atoms with Gasteiger partial charge in [0.15, 0.2) is 6.10 Å². The lowest BCUT2D eigenvalue weighted by molar-refractivity contribution is -0.889. The first-order valence-corrected chi connectivity index (χ1v) is 21.7. The molecule has 8 heteroatoms. The van der Waals surface area contributed by atoms with Crippen molar-refractivity contribution in [3.63, 3.8) is 0 Å². The van der Waals surface area contributed by atoms with Crippen molar-refractivity contribution >= 4 is 17.9 Å². The molecule has 0 aliphatic heterocycles. The van der Waals surface area contributed by atoms with Crippen LogP contribution in [0.15, 0.2) is 12.2 Å². The molecule has 0 radical (unpaired) electrons. The van der Waals surface area contributed by atoms with Crippen LogP contribution in [0.4, 0.5) is 0 Å². The van der Waals surface area contributed by atoms with Crippen LogP contribution in [0, 0.1) is 0 Å². The van der Waals surface area contributed by atoms with Crippen LogP contribution >= 0.6 is 0 Å². The number of carboxylic acids is 1. The van der Waals surface area contributed by atoms with Crippen LogP contribution < -0.4 is 5.11 Å². The molecule has 8 nitrogen and oxygen atoms in total. The quantitative estimate of drug-likeness (QED) is 0.0268. The molecule has 0 aromatic carbocycles. The first-order chi connectivity index (χ1) is 25.1. The molecule has 0 heterocycles. The standard InChI is InChI=1S/C44H83NO7/c1-6-8-10-12-14-16-18-20-21-23-25-27-29-31-33-35-43(47)52-40(38-50-37-36-41(44(48)49)45(3,4)5)39-51-42(46)34-32-30-28-26-24-22-19-17-15-13-11-9-7-2/h22,24,40-41H,6-21,23,25-39H2,1-5H3/b24-22+. The molecule has 0 aromatic heterocycles. The molecule has 0 rings (SSSR count). The number of carbonyl (C=O) groups is 3. The first kappa shape index (κ1) is 50.1. The highest BCUT2D eigenvalue weighted by Crippen LogP contribution is 2.15. The number of ether oxygens (including phenoxy) is 3. The fourth-order valence-corrected chi connectivity index (χ4v) is 6.48. The number of carboxylic acid groups (broad SMARTS) is 1. The lowest BCUT2D eigenvalue weighted by atomic mass is 10.0. The summed E-state index contributed by atoms with van der Waals surface area (Å²) in [7, 11) is 5.41. The Morgan fingerprint density at radius 3 is 1.40 bits per heavy atom. The summed E-state index contributed by atoms with van der Waals surface area (Å²) in [4.78, 5) is 36.8. The van der Waals surface area contributed by atoms with Gasteiger partial charge in [0.2, 0.25) is 0 Å². The third kappa shape index (κ3) is 33.9. The molecule has 2 unspecified atom stereocenters. The minimum absolute atomic E-state index is 0.0415. The Morgan fingerprint density at radius 2 is 0.962 bits per heavy atom. The third-order valence-corrected chi connectivity index (χ3v) is 9.90. The molecular weight excluding hydrogens is 654 g/mol. The van der Waals surface area contributed by atoms with E-state index >= 15 is 0 Å². The molecule has 0 N–H and O–H groups in total. The number of aliphatic carboxylic acids is 1. The van der Waals surface area contributed by atoms with Gasteiger partial charge in [0.25, 0.3) is 0 Å². The van der Waals surface area contributed by atoms with Crippen LogP contribution in [0.1, 0.15) is 200 Å². The van der Waals surface area contributed by atoms with Gasteiger partial charge in [-0.25, -0.2) is 0 Å². The van der Waals surface area contributed by atoms with Crippen LogP contribution in [-0.4, -0.2) is 75.5 Å². The van der Waals surface area contributed by atoms with E-state index in [0.717, 1.165) is 51.4 Å². The van der Waals surface area contributed by atoms with Crippen molar-refractivity contribution in [3.05, 3.63) is 12.2 Å². The second-order valence-corrected chi connectivity index (χ2v) is 15.9. The number of likely N-dealkylation sites (N-methyl/N-ethyl adjacent to an activating group) is 1. The smallest absolute Gasteiger partial charge is 0.306 e. The predicted molar refractivity (Wildman–Crippen MR) is 213 cm³/mol. The Labute approximate surface area is 320 Å². The van der Waals surface area contributed by atoms with Crippen LogP contribution in [0.3, 0.4) is 0 Å². The SMILES string of the molecule is CCCCCCCC/C=C/CCCCCC(=O)OCC(COCCC(C(=O)[O-])[N+](C)(C)C)OC(=O)CCCCCCCCCCCCCCCCC. The normalized spacial score (nSPS) is 13.0. The molecule has 0 spiro atoms. The summed E-state index contributed by atoms with van der Waals surface area (Å²) < 4.78 is 17.1. The molecular formula is C44H83NO7. The number of esters is 2. The van der Waals surface area contributed by atoms with Crippen molar-refractivity contribution in [2.45, 2.75) is 212 Å². The Hall–Kier alpha value is -1.93. The topological polar surface area (TPSA) is 102 Å². The summed E-state index contributed by atoms with van der Waals surface area (Å²) in [6.45, 7) is 4.65. The average molecular weight is 738 g/mol. The summed E-state index contributed by atoms with van der Waals surface area (Å²) in [5.74, 6) is -1.74. The Morgan fingerprint density at radius 1 is 0.558 bits per heavy atom. The molecule has 2 atom stereocenters. The van der Waals surface area contributed by atoms with Gasteiger partial charge in [-0.05, 0) is 38.5 Å². The second kappa shape index (κ2) is 36.1. The number of rotatable bonds is 39. The second-order valence-electron chi connectivity index (χ2n) is 15.9. The average Bonchev–Trinajstić information content (AvgIpc) is 3.09. The molecule has 52 heavy (non-hydrogen) atoms. The summed E-state index contributed by atoms with van der Waals surface area (Å²) in [5.41, 5.74) is 0. The Bertz CT molecular complexity index is 869. The van der Waals surface area contributed by atoms with Crippen molar-refractivity contribution in [2.75, 3.05) is 41.0 Å². The van der Waals surface area contributed by atoms with E-state index in [1.807, 2.05) is 0 Å². The number of nitrogens with zero attached hydrogens (tertiary/aromatic N) is 1. The van der Waals surface area contributed by atoms with Crippen molar-refractivity contribution in [1.29, 1.82) is 0 Å². The fraction of sp³-hybridized carbons (Fsp3) is 0.886. The largest absolute Gasteiger partial charge is 0.544 e. The summed E-state index contributed by atoms with van der Waals surface area (Å²) in [6.07, 6.45) is 36.6. The molecule has 0 aliphatic rings. The fourth-order valence-electron chi connectivity index (χ4n) is 6.48. The summed E-state index contributed by atoms with van der Waals surface area (Å²) in [6, 6.07) is -0.722. The van der Waals surface area contributed by atoms with Gasteiger partial charge in [0.05, 0.1) is 40.3 Å². The maximum absolute atomic E-state index is 12.7. The van der Waals surface area contributed by atoms with Gasteiger partial charge < -0.3 is 28.6 Å². The predicted octanol–water partition coefficient (Wildman–Crippen LogP) is 10.2. The summed E-state index contributed by atoms with van der Waals surface area (Å²) in [5, 5.41) is 11.6. The molecule has 0 fully saturated rings. The maximum atomic E-state index is 12.7. The van der Waals surface area contributed by atoms with E-state index in [9.17, 15) is 19.5 Å². The molecule has 0 aliphatic carbocycles. The van der Waals surface area contributed by atoms with Crippen molar-refractivity contribution in [1.82, 2.24) is 0 Å². The number of unbranched alkanes of at least 4 members (excludes halogenated alkanes) is 23. The van der Waals surface area contributed by atoms with Crippen LogP contribution in [0.25, 0.3) is 0 Å². The van der Waals surface area contributed by atoms with Gasteiger partial charge in [-0.1, -0.05) is 154 Å². The first-order valence-electron chi connectivity index (χ1n) is 21.7. The molecule has 0 aromatic rings. The molecule has 306 valence electrons. The monoisotopic (exact) mass is 738 g/mol. The lowest BCUT2D eigenvalue weighted by Crippen LogP contribution is -2.55. The van der Waals surface area contributed by atoms with E-state index in [2.05, 4.69) is 26.0 Å². The Balaban J connectivity index is 4.35. The van der Waals surface area contributed by atoms with Gasteiger partial charge in [0.1, 0.15) is 12.6 Å². The highest BCUT2D eigenvalue weighted by Gasteiger charge is 2.25. The lowest BCUT2D eigenvalue weighted by Gasteiger charge is -2.34. The minimum Gasteiger partial charge on any atom is -0.544 e. The van der Waals surface area contributed by atoms with Gasteiger partial charge >= 0.3 is 11.9 Å². The van der Waals surface area contributed by atoms with Crippen LogP contribution in [0.2, 0.25) is 0 Å². The number of hydrogen-bond donors (Lipinski definition) is 0. The third-order valence-electron chi connectivity index (χ3n) is 9.90. The minimum atomic E-state index is -1.12. The number of carbonyl (C=O) groups excluding carboxylic acids is 3. The zero-order valence-corrected chi connectivity index (χ0v) is 34.7. The van der Waals surface area contributed by atoms with Gasteiger partial charge in [-0.15, -0.1) is 0 Å². The van der Waals surface area contributed by atoms with E-state index in [0.29, 0.717) is 12.8 Å². The van der Waals surface area contributed by atoms with E-state index < -0.39 is 18.1 Å². The zero-order chi connectivity index (χ0) is 38.5. The van der Waals surface area contributed by atoms with Gasteiger partial charge in [-0.3, -0.25) is 9.59 Å². The molecule has 0 saturated heterocycles. The van der Waals surface area contributed by atoms with Crippen LogP contribution in [-0.2, 0) is 28.6 Å². The number of hydrogen-bond acceptors (Lipinski definition) is 7. The van der Waals surface area contributed by atoms with Gasteiger partial charge in [-0.2, -0.15) is 0 Å². The van der Waals surface area contributed by atoms with E-state index in [1.165, 1.54) is 116 Å². The molecule has 0 bridgehead atoms.